The van der Waals surface area contributed by atoms with Crippen LogP contribution in [-0.4, -0.2) is 57.8 Å². The number of hydrogen-bond acceptors (Lipinski definition) is 5. The predicted molar refractivity (Wildman–Crippen MR) is 34.9 cm³/mol. The van der Waals surface area contributed by atoms with Crippen LogP contribution in [0.3, 0.4) is 0 Å². The second-order valence-corrected chi connectivity index (χ2v) is 2.68. The van der Waals surface area contributed by atoms with Gasteiger partial charge in [-0.2, -0.15) is 0 Å². The fraction of sp³-hybridized carbons (Fsp3) is 1.00. The number of halogens is 1. The Hall–Kier alpha value is -0.270. The molecule has 0 spiro atoms. The van der Waals surface area contributed by atoms with Crippen molar-refractivity contribution in [3.05, 3.63) is 0 Å². The van der Waals surface area contributed by atoms with Gasteiger partial charge < -0.3 is 25.2 Å². The Bertz CT molecular complexity index is 150. The van der Waals surface area contributed by atoms with Crippen LogP contribution in [0.5, 0.6) is 0 Å². The Morgan fingerprint density at radius 2 is 1.67 bits per heavy atom. The monoisotopic (exact) mass is 182 g/mol. The summed E-state index contributed by atoms with van der Waals surface area (Å²) < 4.78 is 16.9. The van der Waals surface area contributed by atoms with Crippen molar-refractivity contribution in [2.45, 2.75) is 30.8 Å². The van der Waals surface area contributed by atoms with Gasteiger partial charge in [0.05, 0.1) is 6.61 Å². The molecule has 0 amide bonds. The lowest BCUT2D eigenvalue weighted by atomic mass is 10.00. The summed E-state index contributed by atoms with van der Waals surface area (Å²) in [6.07, 6.45) is -8.09. The molecule has 12 heavy (non-hydrogen) atoms. The molecule has 1 aliphatic rings. The molecule has 5 nitrogen and oxygen atoms in total. The standard InChI is InChI=1S/C6H11FO5/c7-6-5(11)4(10)3(9)2(1-8)12-6/h2-6,8-11H,1H2/t2-,3-,4+,5+,6?/m1/s1. The Labute approximate surface area is 68.0 Å². The van der Waals surface area contributed by atoms with E-state index in [0.717, 1.165) is 0 Å². The molecule has 6 heteroatoms. The Morgan fingerprint density at radius 1 is 1.08 bits per heavy atom. The predicted octanol–water partition coefficient (Wildman–Crippen LogP) is -2.24. The highest BCUT2D eigenvalue weighted by Gasteiger charge is 2.43. The Kier molecular flexibility index (Phi) is 2.97. The highest BCUT2D eigenvalue weighted by molar-refractivity contribution is 4.88. The molecule has 1 aliphatic heterocycles. The van der Waals surface area contributed by atoms with Crippen LogP contribution < -0.4 is 0 Å². The van der Waals surface area contributed by atoms with Crippen LogP contribution in [0.4, 0.5) is 4.39 Å². The summed E-state index contributed by atoms with van der Waals surface area (Å²) in [5, 5.41) is 35.4. The number of aliphatic hydroxyl groups excluding tert-OH is 4. The molecule has 1 rings (SSSR count). The Balaban J connectivity index is 2.63. The fourth-order valence-corrected chi connectivity index (χ4v) is 1.06. The van der Waals surface area contributed by atoms with E-state index in [1.165, 1.54) is 0 Å². The zero-order valence-corrected chi connectivity index (χ0v) is 6.17. The van der Waals surface area contributed by atoms with Crippen molar-refractivity contribution in [3.8, 4) is 0 Å². The highest BCUT2D eigenvalue weighted by Crippen LogP contribution is 2.21. The van der Waals surface area contributed by atoms with Crippen molar-refractivity contribution in [2.75, 3.05) is 6.61 Å². The summed E-state index contributed by atoms with van der Waals surface area (Å²) in [4.78, 5) is 0. The first-order chi connectivity index (χ1) is 5.57. The Morgan fingerprint density at radius 3 is 2.17 bits per heavy atom. The zero-order chi connectivity index (χ0) is 9.30. The van der Waals surface area contributed by atoms with E-state index in [1.807, 2.05) is 0 Å². The molecular weight excluding hydrogens is 171 g/mol. The van der Waals surface area contributed by atoms with Crippen molar-refractivity contribution in [2.24, 2.45) is 0 Å². The normalized spacial score (nSPS) is 49.2. The molecule has 72 valence electrons. The largest absolute Gasteiger partial charge is 0.394 e. The molecule has 0 radical (unpaired) electrons. The number of ether oxygens (including phenoxy) is 1. The minimum Gasteiger partial charge on any atom is -0.394 e. The first-order valence-electron chi connectivity index (χ1n) is 3.52. The first kappa shape index (κ1) is 9.82. The van der Waals surface area contributed by atoms with E-state index in [2.05, 4.69) is 4.74 Å². The van der Waals surface area contributed by atoms with Crippen molar-refractivity contribution in [1.29, 1.82) is 0 Å². The van der Waals surface area contributed by atoms with E-state index >= 15 is 0 Å². The zero-order valence-electron chi connectivity index (χ0n) is 6.17. The maximum absolute atomic E-state index is 12.6. The number of rotatable bonds is 1. The molecular formula is C6H11FO5. The molecule has 0 saturated carbocycles. The van der Waals surface area contributed by atoms with E-state index in [4.69, 9.17) is 20.4 Å². The van der Waals surface area contributed by atoms with Gasteiger partial charge >= 0.3 is 0 Å². The van der Waals surface area contributed by atoms with Gasteiger partial charge in [-0.25, -0.2) is 4.39 Å². The first-order valence-corrected chi connectivity index (χ1v) is 3.52. The third-order valence-electron chi connectivity index (χ3n) is 1.83. The van der Waals surface area contributed by atoms with Gasteiger partial charge in [0.2, 0.25) is 6.36 Å². The lowest BCUT2D eigenvalue weighted by Gasteiger charge is -2.36. The summed E-state index contributed by atoms with van der Waals surface area (Å²) in [7, 11) is 0. The number of aliphatic hydroxyl groups is 4. The quantitative estimate of drug-likeness (QED) is 0.368. The lowest BCUT2D eigenvalue weighted by Crippen LogP contribution is -2.57. The molecule has 1 unspecified atom stereocenters. The van der Waals surface area contributed by atoms with Crippen LogP contribution in [0, 0.1) is 0 Å². The van der Waals surface area contributed by atoms with Gasteiger partial charge in [-0.05, 0) is 0 Å². The van der Waals surface area contributed by atoms with E-state index in [-0.39, 0.29) is 0 Å². The van der Waals surface area contributed by atoms with Crippen molar-refractivity contribution < 1.29 is 29.6 Å². The molecule has 0 bridgehead atoms. The van der Waals surface area contributed by atoms with E-state index in [9.17, 15) is 4.39 Å². The SMILES string of the molecule is OC[C@H]1OC(F)[C@@H](O)[C@@H](O)[C@@H]1O. The van der Waals surface area contributed by atoms with Crippen molar-refractivity contribution in [1.82, 2.24) is 0 Å². The maximum atomic E-state index is 12.6. The molecule has 1 heterocycles. The van der Waals surface area contributed by atoms with Gasteiger partial charge in [0.15, 0.2) is 0 Å². The van der Waals surface area contributed by atoms with Gasteiger partial charge in [-0.3, -0.25) is 0 Å². The van der Waals surface area contributed by atoms with Gasteiger partial charge in [-0.1, -0.05) is 0 Å². The second kappa shape index (κ2) is 3.63. The number of hydrogen-bond donors (Lipinski definition) is 4. The van der Waals surface area contributed by atoms with Crippen LogP contribution in [-0.2, 0) is 4.74 Å². The minimum absolute atomic E-state index is 0.606. The molecule has 5 atom stereocenters. The van der Waals surface area contributed by atoms with Crippen LogP contribution in [0.2, 0.25) is 0 Å². The van der Waals surface area contributed by atoms with Crippen LogP contribution in [0.25, 0.3) is 0 Å². The lowest BCUT2D eigenvalue weighted by molar-refractivity contribution is -0.262. The van der Waals surface area contributed by atoms with Gasteiger partial charge in [-0.15, -0.1) is 0 Å². The minimum atomic E-state index is -2.07. The van der Waals surface area contributed by atoms with Crippen LogP contribution >= 0.6 is 0 Å². The smallest absolute Gasteiger partial charge is 0.228 e. The van der Waals surface area contributed by atoms with Gasteiger partial charge in [0.1, 0.15) is 24.4 Å². The molecule has 0 aromatic heterocycles. The topological polar surface area (TPSA) is 90.2 Å². The van der Waals surface area contributed by atoms with E-state index in [0.29, 0.717) is 0 Å². The fourth-order valence-electron chi connectivity index (χ4n) is 1.06. The summed E-state index contributed by atoms with van der Waals surface area (Å²) in [6.45, 7) is -0.606. The summed E-state index contributed by atoms with van der Waals surface area (Å²) in [6, 6.07) is 0. The number of alkyl halides is 1. The van der Waals surface area contributed by atoms with Crippen LogP contribution in [0.1, 0.15) is 0 Å². The average Bonchev–Trinajstić information content (AvgIpc) is 2.08. The van der Waals surface area contributed by atoms with E-state index < -0.39 is 37.4 Å². The summed E-state index contributed by atoms with van der Waals surface area (Å²) >= 11 is 0. The third-order valence-corrected chi connectivity index (χ3v) is 1.83. The maximum Gasteiger partial charge on any atom is 0.228 e. The molecule has 1 saturated heterocycles. The average molecular weight is 182 g/mol. The van der Waals surface area contributed by atoms with Crippen molar-refractivity contribution in [3.63, 3.8) is 0 Å². The van der Waals surface area contributed by atoms with Gasteiger partial charge in [0, 0.05) is 0 Å². The second-order valence-electron chi connectivity index (χ2n) is 2.68. The summed E-state index contributed by atoms with van der Waals surface area (Å²) in [5.74, 6) is 0. The van der Waals surface area contributed by atoms with Crippen molar-refractivity contribution >= 4 is 0 Å². The molecule has 4 N–H and O–H groups in total. The third kappa shape index (κ3) is 1.57. The molecule has 0 aromatic rings. The molecule has 0 aliphatic carbocycles. The molecule has 1 fully saturated rings. The van der Waals surface area contributed by atoms with Crippen LogP contribution in [0.15, 0.2) is 0 Å². The van der Waals surface area contributed by atoms with Gasteiger partial charge in [0.25, 0.3) is 0 Å². The molecule has 0 aromatic carbocycles. The van der Waals surface area contributed by atoms with E-state index in [1.54, 1.807) is 0 Å². The summed E-state index contributed by atoms with van der Waals surface area (Å²) in [5.41, 5.74) is 0. The highest BCUT2D eigenvalue weighted by atomic mass is 19.1.